The Morgan fingerprint density at radius 3 is 1.57 bits per heavy atom. The summed E-state index contributed by atoms with van der Waals surface area (Å²) in [5.74, 6) is -2.53. The predicted molar refractivity (Wildman–Crippen MR) is 113 cm³/mol. The highest BCUT2D eigenvalue weighted by molar-refractivity contribution is 5.97. The second-order valence-electron chi connectivity index (χ2n) is 8.15. The van der Waals surface area contributed by atoms with E-state index in [1.165, 1.54) is 58.3 Å². The molecule has 0 fully saturated rings. The molecule has 0 saturated heterocycles. The minimum Gasteiger partial charge on any atom is -0.480 e. The van der Waals surface area contributed by atoms with E-state index in [0.29, 0.717) is 13.0 Å². The largest absolute Gasteiger partial charge is 0.480 e. The van der Waals surface area contributed by atoms with Gasteiger partial charge < -0.3 is 20.2 Å². The highest BCUT2D eigenvalue weighted by Crippen LogP contribution is 2.25. The minimum atomic E-state index is -1.68. The van der Waals surface area contributed by atoms with Crippen LogP contribution in [0, 0.1) is 5.41 Å². The molecule has 0 aromatic heterocycles. The van der Waals surface area contributed by atoms with Crippen molar-refractivity contribution in [2.75, 3.05) is 26.2 Å². The summed E-state index contributed by atoms with van der Waals surface area (Å²) in [6.45, 7) is 6.35. The zero-order valence-corrected chi connectivity index (χ0v) is 18.1. The third-order valence-corrected chi connectivity index (χ3v) is 5.59. The molecule has 166 valence electrons. The Morgan fingerprint density at radius 1 is 0.714 bits per heavy atom. The Balaban J connectivity index is 3.83. The summed E-state index contributed by atoms with van der Waals surface area (Å²) in [5, 5.41) is 27.4. The molecule has 0 saturated carbocycles. The molecule has 0 spiro atoms. The fourth-order valence-corrected chi connectivity index (χ4v) is 3.42. The van der Waals surface area contributed by atoms with Crippen LogP contribution in [0.4, 0.5) is 0 Å². The summed E-state index contributed by atoms with van der Waals surface area (Å²) < 4.78 is 0. The molecule has 6 heteroatoms. The highest BCUT2D eigenvalue weighted by atomic mass is 16.4. The monoisotopic (exact) mass is 401 g/mol. The number of nitrogens with zero attached hydrogens (tertiary/aromatic N) is 1. The number of carboxylic acid groups (broad SMARTS) is 2. The molecule has 0 unspecified atom stereocenters. The third-order valence-electron chi connectivity index (χ3n) is 5.59. The second kappa shape index (κ2) is 16.8. The zero-order chi connectivity index (χ0) is 21.3. The van der Waals surface area contributed by atoms with Crippen molar-refractivity contribution in [2.24, 2.45) is 5.41 Å². The van der Waals surface area contributed by atoms with Crippen LogP contribution >= 0.6 is 0 Å². The van der Waals surface area contributed by atoms with E-state index >= 15 is 0 Å². The van der Waals surface area contributed by atoms with Crippen LogP contribution in [0.2, 0.25) is 0 Å². The number of aliphatic carboxylic acids is 2. The quantitative estimate of drug-likeness (QED) is 0.204. The lowest BCUT2D eigenvalue weighted by Crippen LogP contribution is -2.36. The van der Waals surface area contributed by atoms with Gasteiger partial charge in [0, 0.05) is 6.54 Å². The Morgan fingerprint density at radius 2 is 1.14 bits per heavy atom. The number of hydrogen-bond donors (Lipinski definition) is 3. The maximum absolute atomic E-state index is 11.1. The SMILES string of the molecule is CCCCCCCCCCN(CCO)CCCCCCC(C)(C(=O)O)C(=O)O. The molecule has 0 aromatic rings. The molecule has 0 heterocycles. The van der Waals surface area contributed by atoms with Gasteiger partial charge in [0.25, 0.3) is 0 Å². The van der Waals surface area contributed by atoms with Gasteiger partial charge in [-0.05, 0) is 39.3 Å². The summed E-state index contributed by atoms with van der Waals surface area (Å²) in [6.07, 6.45) is 13.9. The van der Waals surface area contributed by atoms with Crippen molar-refractivity contribution in [3.8, 4) is 0 Å². The Bertz CT molecular complexity index is 400. The second-order valence-corrected chi connectivity index (χ2v) is 8.15. The van der Waals surface area contributed by atoms with Crippen molar-refractivity contribution in [2.45, 2.75) is 97.3 Å². The predicted octanol–water partition coefficient (Wildman–Crippen LogP) is 4.55. The number of carboxylic acids is 2. The van der Waals surface area contributed by atoms with Gasteiger partial charge in [-0.25, -0.2) is 0 Å². The number of unbranched alkanes of at least 4 members (excludes halogenated alkanes) is 10. The van der Waals surface area contributed by atoms with Gasteiger partial charge in [0.1, 0.15) is 0 Å². The Labute approximate surface area is 171 Å². The average molecular weight is 402 g/mol. The van der Waals surface area contributed by atoms with Gasteiger partial charge in [0.05, 0.1) is 6.61 Å². The summed E-state index contributed by atoms with van der Waals surface area (Å²) in [4.78, 5) is 24.6. The molecule has 0 aromatic carbocycles. The maximum Gasteiger partial charge on any atom is 0.320 e. The summed E-state index contributed by atoms with van der Waals surface area (Å²) in [7, 11) is 0. The first-order valence-electron chi connectivity index (χ1n) is 11.2. The molecule has 28 heavy (non-hydrogen) atoms. The summed E-state index contributed by atoms with van der Waals surface area (Å²) >= 11 is 0. The number of carbonyl (C=O) groups is 2. The third kappa shape index (κ3) is 12.3. The average Bonchev–Trinajstić information content (AvgIpc) is 2.65. The van der Waals surface area contributed by atoms with Gasteiger partial charge in [-0.15, -0.1) is 0 Å². The molecule has 0 rings (SSSR count). The van der Waals surface area contributed by atoms with E-state index in [2.05, 4.69) is 11.8 Å². The van der Waals surface area contributed by atoms with Crippen molar-refractivity contribution in [1.29, 1.82) is 0 Å². The van der Waals surface area contributed by atoms with Gasteiger partial charge >= 0.3 is 11.9 Å². The minimum absolute atomic E-state index is 0.163. The lowest BCUT2D eigenvalue weighted by atomic mass is 9.85. The van der Waals surface area contributed by atoms with Crippen LogP contribution in [0.15, 0.2) is 0 Å². The van der Waals surface area contributed by atoms with Crippen LogP contribution in [0.3, 0.4) is 0 Å². The summed E-state index contributed by atoms with van der Waals surface area (Å²) in [6, 6.07) is 0. The lowest BCUT2D eigenvalue weighted by molar-refractivity contribution is -0.163. The topological polar surface area (TPSA) is 98.1 Å². The van der Waals surface area contributed by atoms with Gasteiger partial charge in [-0.3, -0.25) is 9.59 Å². The van der Waals surface area contributed by atoms with Crippen LogP contribution in [-0.4, -0.2) is 58.4 Å². The Hall–Kier alpha value is -1.14. The molecule has 0 aliphatic carbocycles. The fraction of sp³-hybridized carbons (Fsp3) is 0.909. The summed E-state index contributed by atoms with van der Waals surface area (Å²) in [5.41, 5.74) is -1.68. The number of aliphatic hydroxyl groups is 1. The Kier molecular flexibility index (Phi) is 16.1. The molecule has 0 bridgehead atoms. The van der Waals surface area contributed by atoms with Crippen molar-refractivity contribution in [1.82, 2.24) is 4.90 Å². The van der Waals surface area contributed by atoms with Crippen LogP contribution in [-0.2, 0) is 9.59 Å². The molecule has 0 amide bonds. The normalized spacial score (nSPS) is 11.9. The van der Waals surface area contributed by atoms with Gasteiger partial charge in [0.2, 0.25) is 0 Å². The first-order chi connectivity index (χ1) is 13.4. The molecule has 3 N–H and O–H groups in total. The van der Waals surface area contributed by atoms with Crippen molar-refractivity contribution < 1.29 is 24.9 Å². The first kappa shape index (κ1) is 26.9. The fourth-order valence-electron chi connectivity index (χ4n) is 3.42. The molecule has 6 nitrogen and oxygen atoms in total. The van der Waals surface area contributed by atoms with Crippen LogP contribution in [0.25, 0.3) is 0 Å². The smallest absolute Gasteiger partial charge is 0.320 e. The highest BCUT2D eigenvalue weighted by Gasteiger charge is 2.40. The lowest BCUT2D eigenvalue weighted by Gasteiger charge is -2.21. The molecule has 0 aliphatic rings. The van der Waals surface area contributed by atoms with Crippen LogP contribution in [0.5, 0.6) is 0 Å². The van der Waals surface area contributed by atoms with Crippen LogP contribution in [0.1, 0.15) is 97.3 Å². The zero-order valence-electron chi connectivity index (χ0n) is 18.1. The van der Waals surface area contributed by atoms with Crippen molar-refractivity contribution in [3.05, 3.63) is 0 Å². The number of hydrogen-bond acceptors (Lipinski definition) is 4. The van der Waals surface area contributed by atoms with Gasteiger partial charge in [-0.2, -0.15) is 0 Å². The first-order valence-corrected chi connectivity index (χ1v) is 11.2. The van der Waals surface area contributed by atoms with Gasteiger partial charge in [0.15, 0.2) is 5.41 Å². The van der Waals surface area contributed by atoms with Crippen molar-refractivity contribution in [3.63, 3.8) is 0 Å². The van der Waals surface area contributed by atoms with E-state index in [1.54, 1.807) is 0 Å². The van der Waals surface area contributed by atoms with E-state index in [-0.39, 0.29) is 13.0 Å². The van der Waals surface area contributed by atoms with Gasteiger partial charge in [-0.1, -0.05) is 71.1 Å². The number of aliphatic hydroxyl groups excluding tert-OH is 1. The molecule has 0 aliphatic heterocycles. The molecule has 0 radical (unpaired) electrons. The van der Waals surface area contributed by atoms with E-state index in [0.717, 1.165) is 32.4 Å². The van der Waals surface area contributed by atoms with E-state index in [9.17, 15) is 14.7 Å². The van der Waals surface area contributed by atoms with E-state index in [1.807, 2.05) is 0 Å². The van der Waals surface area contributed by atoms with Crippen molar-refractivity contribution >= 4 is 11.9 Å². The number of rotatable bonds is 20. The van der Waals surface area contributed by atoms with Crippen LogP contribution < -0.4 is 0 Å². The maximum atomic E-state index is 11.1. The van der Waals surface area contributed by atoms with E-state index in [4.69, 9.17) is 10.2 Å². The molecular weight excluding hydrogens is 358 g/mol. The van der Waals surface area contributed by atoms with E-state index < -0.39 is 17.4 Å². The molecular formula is C22H43NO5. The molecule has 0 atom stereocenters. The standard InChI is InChI=1S/C22H43NO5/c1-3-4-5-6-7-8-10-13-16-23(18-19-24)17-14-11-9-12-15-22(2,20(25)26)21(27)28/h24H,3-19H2,1-2H3,(H,25,26)(H,27,28).